The van der Waals surface area contributed by atoms with E-state index in [1.54, 1.807) is 0 Å². The summed E-state index contributed by atoms with van der Waals surface area (Å²) >= 11 is 2.24. The molecule has 0 saturated carbocycles. The van der Waals surface area contributed by atoms with Gasteiger partial charge in [-0.3, -0.25) is 0 Å². The van der Waals surface area contributed by atoms with Crippen LogP contribution in [0.3, 0.4) is 0 Å². The molecule has 76 valence electrons. The van der Waals surface area contributed by atoms with Gasteiger partial charge in [0.1, 0.15) is 0 Å². The summed E-state index contributed by atoms with van der Waals surface area (Å²) in [4.78, 5) is 10.3. The van der Waals surface area contributed by atoms with Crippen LogP contribution in [0, 0.1) is 3.57 Å². The standard InChI is InChI=1S/C10H12INO2/c1-7(12-10(13)14)6-8-2-4-9(11)5-3-8/h2-5,7,12H,6H2,1H3,(H,13,14). The van der Waals surface area contributed by atoms with E-state index < -0.39 is 6.09 Å². The highest BCUT2D eigenvalue weighted by molar-refractivity contribution is 14.1. The van der Waals surface area contributed by atoms with Crippen molar-refractivity contribution in [3.63, 3.8) is 0 Å². The zero-order chi connectivity index (χ0) is 10.6. The maximum Gasteiger partial charge on any atom is 0.404 e. The van der Waals surface area contributed by atoms with Crippen LogP contribution in [0.1, 0.15) is 12.5 Å². The van der Waals surface area contributed by atoms with Gasteiger partial charge in [0.25, 0.3) is 0 Å². The van der Waals surface area contributed by atoms with E-state index in [1.807, 2.05) is 31.2 Å². The Bertz CT molecular complexity index is 310. The van der Waals surface area contributed by atoms with Crippen LogP contribution in [-0.4, -0.2) is 17.2 Å². The van der Waals surface area contributed by atoms with Gasteiger partial charge in [0.15, 0.2) is 0 Å². The highest BCUT2D eigenvalue weighted by Gasteiger charge is 2.05. The zero-order valence-electron chi connectivity index (χ0n) is 7.83. The molecular formula is C10H12INO2. The SMILES string of the molecule is CC(Cc1ccc(I)cc1)NC(=O)O. The Morgan fingerprint density at radius 3 is 2.57 bits per heavy atom. The highest BCUT2D eigenvalue weighted by atomic mass is 127. The van der Waals surface area contributed by atoms with Gasteiger partial charge in [0.05, 0.1) is 0 Å². The lowest BCUT2D eigenvalue weighted by molar-refractivity contribution is 0.190. The molecule has 3 nitrogen and oxygen atoms in total. The average Bonchev–Trinajstić information content (AvgIpc) is 2.07. The molecule has 0 radical (unpaired) electrons. The summed E-state index contributed by atoms with van der Waals surface area (Å²) in [7, 11) is 0. The molecule has 4 heteroatoms. The maximum absolute atomic E-state index is 10.3. The Labute approximate surface area is 96.7 Å². The van der Waals surface area contributed by atoms with E-state index in [-0.39, 0.29) is 6.04 Å². The summed E-state index contributed by atoms with van der Waals surface area (Å²) in [6.45, 7) is 1.85. The van der Waals surface area contributed by atoms with Gasteiger partial charge in [-0.15, -0.1) is 0 Å². The van der Waals surface area contributed by atoms with Crippen molar-refractivity contribution in [1.29, 1.82) is 0 Å². The number of benzene rings is 1. The fourth-order valence-electron chi connectivity index (χ4n) is 1.24. The van der Waals surface area contributed by atoms with E-state index in [2.05, 4.69) is 27.9 Å². The summed E-state index contributed by atoms with van der Waals surface area (Å²) in [5.41, 5.74) is 1.15. The van der Waals surface area contributed by atoms with Crippen molar-refractivity contribution in [3.05, 3.63) is 33.4 Å². The van der Waals surface area contributed by atoms with Crippen molar-refractivity contribution in [2.45, 2.75) is 19.4 Å². The molecule has 0 aliphatic carbocycles. The molecule has 0 saturated heterocycles. The normalized spacial score (nSPS) is 12.1. The van der Waals surface area contributed by atoms with Crippen molar-refractivity contribution in [2.24, 2.45) is 0 Å². The minimum Gasteiger partial charge on any atom is -0.465 e. The van der Waals surface area contributed by atoms with Crippen LogP contribution in [0.4, 0.5) is 4.79 Å². The lowest BCUT2D eigenvalue weighted by Crippen LogP contribution is -2.32. The Kier molecular flexibility index (Phi) is 4.19. The van der Waals surface area contributed by atoms with Gasteiger partial charge < -0.3 is 10.4 Å². The second kappa shape index (κ2) is 5.19. The smallest absolute Gasteiger partial charge is 0.404 e. The largest absolute Gasteiger partial charge is 0.465 e. The Hall–Kier alpha value is -0.780. The Balaban J connectivity index is 2.51. The number of amides is 1. The molecule has 1 amide bonds. The van der Waals surface area contributed by atoms with Crippen LogP contribution in [0.5, 0.6) is 0 Å². The molecule has 0 spiro atoms. The van der Waals surface area contributed by atoms with Gasteiger partial charge in [-0.2, -0.15) is 0 Å². The molecule has 0 heterocycles. The molecule has 1 unspecified atom stereocenters. The molecule has 0 aliphatic heterocycles. The van der Waals surface area contributed by atoms with Crippen LogP contribution in [0.15, 0.2) is 24.3 Å². The molecule has 0 aliphatic rings. The number of halogens is 1. The summed E-state index contributed by atoms with van der Waals surface area (Å²) in [5, 5.41) is 10.9. The van der Waals surface area contributed by atoms with Crippen LogP contribution in [0.2, 0.25) is 0 Å². The van der Waals surface area contributed by atoms with Crippen LogP contribution < -0.4 is 5.32 Å². The van der Waals surface area contributed by atoms with Crippen molar-refractivity contribution < 1.29 is 9.90 Å². The molecule has 14 heavy (non-hydrogen) atoms. The molecule has 1 rings (SSSR count). The topological polar surface area (TPSA) is 49.3 Å². The van der Waals surface area contributed by atoms with E-state index in [0.717, 1.165) is 12.0 Å². The summed E-state index contributed by atoms with van der Waals surface area (Å²) in [6.07, 6.45) is -0.244. The van der Waals surface area contributed by atoms with Crippen LogP contribution >= 0.6 is 22.6 Å². The molecule has 0 fully saturated rings. The third-order valence-corrected chi connectivity index (χ3v) is 2.54. The zero-order valence-corrected chi connectivity index (χ0v) is 9.98. The number of hydrogen-bond acceptors (Lipinski definition) is 1. The van der Waals surface area contributed by atoms with Gasteiger partial charge in [0, 0.05) is 9.61 Å². The molecular weight excluding hydrogens is 293 g/mol. The minimum atomic E-state index is -0.969. The molecule has 2 N–H and O–H groups in total. The quantitative estimate of drug-likeness (QED) is 0.843. The van der Waals surface area contributed by atoms with E-state index in [0.29, 0.717) is 0 Å². The maximum atomic E-state index is 10.3. The fraction of sp³-hybridized carbons (Fsp3) is 0.300. The molecule has 1 aromatic carbocycles. The average molecular weight is 305 g/mol. The van der Waals surface area contributed by atoms with Gasteiger partial charge in [-0.1, -0.05) is 12.1 Å². The van der Waals surface area contributed by atoms with Gasteiger partial charge in [-0.25, -0.2) is 4.79 Å². The number of nitrogens with one attached hydrogen (secondary N) is 1. The van der Waals surface area contributed by atoms with Crippen LogP contribution in [0.25, 0.3) is 0 Å². The van der Waals surface area contributed by atoms with Gasteiger partial charge in [-0.05, 0) is 53.6 Å². The lowest BCUT2D eigenvalue weighted by Gasteiger charge is -2.10. The molecule has 0 bridgehead atoms. The van der Waals surface area contributed by atoms with Crippen molar-refractivity contribution in [2.75, 3.05) is 0 Å². The number of hydrogen-bond donors (Lipinski definition) is 2. The fourth-order valence-corrected chi connectivity index (χ4v) is 1.60. The third-order valence-electron chi connectivity index (χ3n) is 1.83. The predicted octanol–water partition coefficient (Wildman–Crippen LogP) is 2.49. The van der Waals surface area contributed by atoms with Gasteiger partial charge >= 0.3 is 6.09 Å². The number of carbonyl (C=O) groups is 1. The summed E-state index contributed by atoms with van der Waals surface area (Å²) in [6, 6.07) is 8.02. The van der Waals surface area contributed by atoms with E-state index in [4.69, 9.17) is 5.11 Å². The van der Waals surface area contributed by atoms with Crippen molar-refractivity contribution in [3.8, 4) is 0 Å². The van der Waals surface area contributed by atoms with Gasteiger partial charge in [0.2, 0.25) is 0 Å². The summed E-state index contributed by atoms with van der Waals surface area (Å²) in [5.74, 6) is 0. The monoisotopic (exact) mass is 305 g/mol. The molecule has 1 aromatic rings. The first kappa shape index (κ1) is 11.3. The number of rotatable bonds is 3. The van der Waals surface area contributed by atoms with E-state index >= 15 is 0 Å². The van der Waals surface area contributed by atoms with Crippen LogP contribution in [-0.2, 0) is 6.42 Å². The summed E-state index contributed by atoms with van der Waals surface area (Å²) < 4.78 is 1.19. The number of carboxylic acid groups (broad SMARTS) is 1. The Morgan fingerprint density at radius 2 is 2.07 bits per heavy atom. The second-order valence-corrected chi connectivity index (χ2v) is 4.43. The van der Waals surface area contributed by atoms with Crippen molar-refractivity contribution in [1.82, 2.24) is 5.32 Å². The molecule has 0 aromatic heterocycles. The van der Waals surface area contributed by atoms with E-state index in [1.165, 1.54) is 3.57 Å². The lowest BCUT2D eigenvalue weighted by atomic mass is 10.1. The predicted molar refractivity (Wildman–Crippen MR) is 63.5 cm³/mol. The third kappa shape index (κ3) is 3.95. The highest BCUT2D eigenvalue weighted by Crippen LogP contribution is 2.08. The first-order chi connectivity index (χ1) is 6.58. The Morgan fingerprint density at radius 1 is 1.50 bits per heavy atom. The first-order valence-corrected chi connectivity index (χ1v) is 5.39. The van der Waals surface area contributed by atoms with E-state index in [9.17, 15) is 4.79 Å². The van der Waals surface area contributed by atoms with Crippen molar-refractivity contribution >= 4 is 28.7 Å². The minimum absolute atomic E-state index is 0.0486. The second-order valence-electron chi connectivity index (χ2n) is 3.18. The molecule has 1 atom stereocenters. The first-order valence-electron chi connectivity index (χ1n) is 4.32.